The number of aryl methyl sites for hydroxylation is 2. The molecule has 2 aromatic carbocycles. The normalized spacial score (nSPS) is 24.3. The van der Waals surface area contributed by atoms with Crippen molar-refractivity contribution in [3.8, 4) is 0 Å². The van der Waals surface area contributed by atoms with Crippen LogP contribution in [-0.2, 0) is 19.9 Å². The fourth-order valence-corrected chi connectivity index (χ4v) is 4.91. The summed E-state index contributed by atoms with van der Waals surface area (Å²) in [5.41, 5.74) is 2.96. The summed E-state index contributed by atoms with van der Waals surface area (Å²) in [5, 5.41) is 19.4. The molecule has 0 radical (unpaired) electrons. The smallest absolute Gasteiger partial charge is 0.338 e. The zero-order chi connectivity index (χ0) is 23.9. The van der Waals surface area contributed by atoms with Crippen LogP contribution in [0.25, 0.3) is 0 Å². The topological polar surface area (TPSA) is 117 Å². The Balaban J connectivity index is 1.67. The van der Waals surface area contributed by atoms with E-state index in [9.17, 15) is 19.5 Å². The summed E-state index contributed by atoms with van der Waals surface area (Å²) < 4.78 is 4.99. The molecular weight excluding hydrogens is 422 g/mol. The lowest BCUT2D eigenvalue weighted by atomic mass is 9.78. The van der Waals surface area contributed by atoms with Gasteiger partial charge in [-0.3, -0.25) is 14.9 Å². The van der Waals surface area contributed by atoms with Crippen LogP contribution in [0.4, 0.5) is 11.4 Å². The Labute approximate surface area is 192 Å². The Hall–Kier alpha value is -3.23. The van der Waals surface area contributed by atoms with Crippen molar-refractivity contribution in [2.45, 2.75) is 51.8 Å². The summed E-state index contributed by atoms with van der Waals surface area (Å²) in [6.45, 7) is 7.53. The van der Waals surface area contributed by atoms with Crippen LogP contribution < -0.4 is 16.0 Å². The largest absolute Gasteiger partial charge is 0.462 e. The molecule has 174 valence electrons. The molecule has 1 spiro atoms. The second-order valence-corrected chi connectivity index (χ2v) is 8.83. The van der Waals surface area contributed by atoms with Gasteiger partial charge in [0.2, 0.25) is 11.8 Å². The first kappa shape index (κ1) is 22.9. The van der Waals surface area contributed by atoms with Gasteiger partial charge in [0.15, 0.2) is 0 Å². The highest BCUT2D eigenvalue weighted by Gasteiger charge is 2.61. The highest BCUT2D eigenvalue weighted by molar-refractivity contribution is 6.11. The molecule has 2 aliphatic heterocycles. The number of hydrogen-bond donors (Lipinski definition) is 4. The minimum atomic E-state index is -1.28. The van der Waals surface area contributed by atoms with Crippen LogP contribution in [0.15, 0.2) is 36.4 Å². The molecule has 0 unspecified atom stereocenters. The van der Waals surface area contributed by atoms with E-state index in [2.05, 4.69) is 16.0 Å². The van der Waals surface area contributed by atoms with Crippen LogP contribution in [0.2, 0.25) is 0 Å². The third-order valence-corrected chi connectivity index (χ3v) is 6.49. The van der Waals surface area contributed by atoms with E-state index in [-0.39, 0.29) is 18.4 Å². The van der Waals surface area contributed by atoms with Crippen molar-refractivity contribution in [2.24, 2.45) is 5.92 Å². The lowest BCUT2D eigenvalue weighted by molar-refractivity contribution is -0.130. The van der Waals surface area contributed by atoms with Gasteiger partial charge in [-0.15, -0.1) is 0 Å². The monoisotopic (exact) mass is 451 g/mol. The van der Waals surface area contributed by atoms with Gasteiger partial charge in [-0.05, 0) is 63.9 Å². The minimum Gasteiger partial charge on any atom is -0.462 e. The summed E-state index contributed by atoms with van der Waals surface area (Å²) >= 11 is 0. The number of aliphatic hydroxyl groups is 1. The van der Waals surface area contributed by atoms with E-state index in [1.54, 1.807) is 38.1 Å². The first-order chi connectivity index (χ1) is 15.7. The second kappa shape index (κ2) is 8.61. The minimum absolute atomic E-state index is 0.279. The number of carbonyl (C=O) groups is 3. The standard InChI is InChI=1S/C25H29N3O5/c1-5-33-23(31)16-6-8-17(9-7-16)26-22(30)19-12-20(15(4)29)28-25(19)18-11-13(2)10-14(3)21(18)27-24(25)32/h6-11,15,19-20,28-29H,5,12H2,1-4H3,(H,26,30)(H,27,32)/t15-,19+,20-,25+/m1/s1. The summed E-state index contributed by atoms with van der Waals surface area (Å²) in [6.07, 6.45) is -0.448. The number of ether oxygens (including phenoxy) is 1. The number of carbonyl (C=O) groups excluding carboxylic acids is 3. The molecule has 33 heavy (non-hydrogen) atoms. The van der Waals surface area contributed by atoms with Crippen molar-refractivity contribution >= 4 is 29.2 Å². The SMILES string of the molecule is CCOC(=O)c1ccc(NC(=O)[C@@H]2C[C@H]([C@@H](C)O)N[C@]23C(=O)Nc2c(C)cc(C)cc23)cc1. The summed E-state index contributed by atoms with van der Waals surface area (Å²) in [5.74, 6) is -1.81. The van der Waals surface area contributed by atoms with Crippen molar-refractivity contribution in [1.82, 2.24) is 5.32 Å². The van der Waals surface area contributed by atoms with Crippen molar-refractivity contribution < 1.29 is 24.2 Å². The maximum atomic E-state index is 13.5. The fraction of sp³-hybridized carbons (Fsp3) is 0.400. The second-order valence-electron chi connectivity index (χ2n) is 8.83. The number of hydrogen-bond acceptors (Lipinski definition) is 6. The van der Waals surface area contributed by atoms with E-state index in [1.807, 2.05) is 26.0 Å². The highest BCUT2D eigenvalue weighted by Crippen LogP contribution is 2.49. The number of aliphatic hydroxyl groups excluding tert-OH is 1. The summed E-state index contributed by atoms with van der Waals surface area (Å²) in [6, 6.07) is 9.90. The molecule has 0 aromatic heterocycles. The van der Waals surface area contributed by atoms with Crippen LogP contribution in [0.1, 0.15) is 47.3 Å². The number of rotatable bonds is 5. The van der Waals surface area contributed by atoms with E-state index in [4.69, 9.17) is 4.74 Å². The van der Waals surface area contributed by atoms with Gasteiger partial charge in [0.05, 0.1) is 24.2 Å². The van der Waals surface area contributed by atoms with Crippen LogP contribution in [-0.4, -0.2) is 41.6 Å². The van der Waals surface area contributed by atoms with Crippen LogP contribution in [0.5, 0.6) is 0 Å². The average Bonchev–Trinajstić information content (AvgIpc) is 3.30. The van der Waals surface area contributed by atoms with Crippen molar-refractivity contribution in [3.63, 3.8) is 0 Å². The third-order valence-electron chi connectivity index (χ3n) is 6.49. The maximum Gasteiger partial charge on any atom is 0.338 e. The van der Waals surface area contributed by atoms with Gasteiger partial charge in [-0.1, -0.05) is 17.7 Å². The molecule has 4 N–H and O–H groups in total. The lowest BCUT2D eigenvalue weighted by Gasteiger charge is -2.30. The number of anilines is 2. The zero-order valence-corrected chi connectivity index (χ0v) is 19.2. The number of esters is 1. The van der Waals surface area contributed by atoms with Gasteiger partial charge in [0.1, 0.15) is 5.54 Å². The van der Waals surface area contributed by atoms with Crippen LogP contribution in [0, 0.1) is 19.8 Å². The van der Waals surface area contributed by atoms with E-state index in [0.29, 0.717) is 23.4 Å². The predicted molar refractivity (Wildman–Crippen MR) is 124 cm³/mol. The molecule has 4 rings (SSSR count). The maximum absolute atomic E-state index is 13.5. The molecule has 8 nitrogen and oxygen atoms in total. The Morgan fingerprint density at radius 1 is 1.24 bits per heavy atom. The number of benzene rings is 2. The molecule has 8 heteroatoms. The summed E-state index contributed by atoms with van der Waals surface area (Å²) in [4.78, 5) is 38.7. The Morgan fingerprint density at radius 2 is 1.94 bits per heavy atom. The molecule has 1 saturated heterocycles. The van der Waals surface area contributed by atoms with Gasteiger partial charge in [0, 0.05) is 23.0 Å². The van der Waals surface area contributed by atoms with Crippen molar-refractivity contribution in [1.29, 1.82) is 0 Å². The van der Waals surface area contributed by atoms with Crippen LogP contribution >= 0.6 is 0 Å². The molecule has 1 fully saturated rings. The number of nitrogens with one attached hydrogen (secondary N) is 3. The number of amides is 2. The van der Waals surface area contributed by atoms with Gasteiger partial charge in [-0.2, -0.15) is 0 Å². The van der Waals surface area contributed by atoms with E-state index in [1.165, 1.54) is 0 Å². The Morgan fingerprint density at radius 3 is 2.58 bits per heavy atom. The van der Waals surface area contributed by atoms with Crippen molar-refractivity contribution in [3.05, 3.63) is 58.7 Å². The van der Waals surface area contributed by atoms with Gasteiger partial charge >= 0.3 is 5.97 Å². The fourth-order valence-electron chi connectivity index (χ4n) is 4.91. The van der Waals surface area contributed by atoms with E-state index in [0.717, 1.165) is 16.7 Å². The molecule has 0 saturated carbocycles. The first-order valence-electron chi connectivity index (χ1n) is 11.1. The molecule has 4 atom stereocenters. The molecule has 2 aliphatic rings. The molecular formula is C25H29N3O5. The predicted octanol–water partition coefficient (Wildman–Crippen LogP) is 2.63. The molecule has 2 heterocycles. The van der Waals surface area contributed by atoms with E-state index < -0.39 is 29.6 Å². The molecule has 2 aromatic rings. The Kier molecular flexibility index (Phi) is 5.99. The first-order valence-corrected chi connectivity index (χ1v) is 11.1. The van der Waals surface area contributed by atoms with Crippen LogP contribution in [0.3, 0.4) is 0 Å². The highest BCUT2D eigenvalue weighted by atomic mass is 16.5. The molecule has 0 aliphatic carbocycles. The molecule has 0 bridgehead atoms. The zero-order valence-electron chi connectivity index (χ0n) is 19.2. The lowest BCUT2D eigenvalue weighted by Crippen LogP contribution is -2.53. The third kappa shape index (κ3) is 3.89. The molecule has 2 amide bonds. The van der Waals surface area contributed by atoms with E-state index >= 15 is 0 Å². The summed E-state index contributed by atoms with van der Waals surface area (Å²) in [7, 11) is 0. The van der Waals surface area contributed by atoms with Crippen molar-refractivity contribution in [2.75, 3.05) is 17.2 Å². The average molecular weight is 452 g/mol. The van der Waals surface area contributed by atoms with Gasteiger partial charge in [0.25, 0.3) is 0 Å². The quantitative estimate of drug-likeness (QED) is 0.520. The number of fused-ring (bicyclic) bond motifs is 2. The van der Waals surface area contributed by atoms with Gasteiger partial charge in [-0.25, -0.2) is 4.79 Å². The van der Waals surface area contributed by atoms with Gasteiger partial charge < -0.3 is 20.5 Å². The Bertz CT molecular complexity index is 1110.